The first-order valence-electron chi connectivity index (χ1n) is 12.9. The minimum atomic E-state index is -0.772. The zero-order valence-corrected chi connectivity index (χ0v) is 21.9. The highest BCUT2D eigenvalue weighted by Gasteiger charge is 2.31. The molecule has 0 spiro atoms. The summed E-state index contributed by atoms with van der Waals surface area (Å²) in [6, 6.07) is 13.8. The summed E-state index contributed by atoms with van der Waals surface area (Å²) in [4.78, 5) is 18.3. The molecule has 3 aromatic rings. The molecule has 2 heterocycles. The number of methoxy groups -OCH3 is 1. The molecule has 1 aliphatic rings. The maximum absolute atomic E-state index is 11.6. The molecule has 1 aliphatic heterocycles. The summed E-state index contributed by atoms with van der Waals surface area (Å²) < 4.78 is 5.36. The number of aliphatic hydroxyl groups is 1. The number of carboxylic acids is 1. The second-order valence-corrected chi connectivity index (χ2v) is 10.2. The average molecular weight is 501 g/mol. The largest absolute Gasteiger partial charge is 0.497 e. The zero-order chi connectivity index (χ0) is 26.4. The molecule has 6 heteroatoms. The number of aliphatic carboxylic acids is 1. The van der Waals surface area contributed by atoms with Crippen LogP contribution in [0.3, 0.4) is 0 Å². The molecule has 0 unspecified atom stereocenters. The number of carboxylic acid groups (broad SMARTS) is 1. The molecule has 1 saturated heterocycles. The van der Waals surface area contributed by atoms with Crippen LogP contribution >= 0.6 is 0 Å². The molecule has 1 aromatic heterocycles. The lowest BCUT2D eigenvalue weighted by Gasteiger charge is -2.37. The Morgan fingerprint density at radius 3 is 2.68 bits per heavy atom. The van der Waals surface area contributed by atoms with Crippen molar-refractivity contribution in [2.45, 2.75) is 45.6 Å². The molecule has 194 valence electrons. The number of carbonyl (C=O) groups is 1. The van der Waals surface area contributed by atoms with Crippen molar-refractivity contribution < 1.29 is 19.7 Å². The molecular formula is C31H36N2O4. The molecule has 0 amide bonds. The van der Waals surface area contributed by atoms with Crippen molar-refractivity contribution >= 4 is 16.9 Å². The van der Waals surface area contributed by atoms with Crippen molar-refractivity contribution in [1.82, 2.24) is 9.88 Å². The SMILES string of the molecule is COc1ccc2nccc([C@@H](O)CC[C@@H]3CCN(CC#Cc4cc(C)cc(C)c4)C[C@@H]3CC(=O)O)c2c1. The molecule has 6 nitrogen and oxygen atoms in total. The van der Waals surface area contributed by atoms with Gasteiger partial charge in [0.2, 0.25) is 0 Å². The molecular weight excluding hydrogens is 464 g/mol. The minimum absolute atomic E-state index is 0.0377. The van der Waals surface area contributed by atoms with Crippen molar-refractivity contribution in [2.24, 2.45) is 11.8 Å². The smallest absolute Gasteiger partial charge is 0.303 e. The second-order valence-electron chi connectivity index (χ2n) is 10.2. The van der Waals surface area contributed by atoms with Gasteiger partial charge in [0.05, 0.1) is 25.3 Å². The third kappa shape index (κ3) is 7.09. The molecule has 0 bridgehead atoms. The number of hydrogen-bond acceptors (Lipinski definition) is 5. The van der Waals surface area contributed by atoms with Crippen LogP contribution in [-0.2, 0) is 4.79 Å². The first kappa shape index (κ1) is 26.7. The van der Waals surface area contributed by atoms with Crippen molar-refractivity contribution in [3.8, 4) is 17.6 Å². The molecule has 3 atom stereocenters. The van der Waals surface area contributed by atoms with Crippen molar-refractivity contribution in [3.63, 3.8) is 0 Å². The van der Waals surface area contributed by atoms with E-state index in [1.165, 1.54) is 11.1 Å². The van der Waals surface area contributed by atoms with E-state index in [1.807, 2.05) is 24.3 Å². The van der Waals surface area contributed by atoms with Gasteiger partial charge in [0, 0.05) is 30.1 Å². The lowest BCUT2D eigenvalue weighted by molar-refractivity contribution is -0.139. The topological polar surface area (TPSA) is 82.9 Å². The summed E-state index contributed by atoms with van der Waals surface area (Å²) >= 11 is 0. The van der Waals surface area contributed by atoms with Crippen molar-refractivity contribution in [2.75, 3.05) is 26.7 Å². The van der Waals surface area contributed by atoms with Gasteiger partial charge in [0.25, 0.3) is 0 Å². The Labute approximate surface area is 219 Å². The van der Waals surface area contributed by atoms with Gasteiger partial charge < -0.3 is 14.9 Å². The van der Waals surface area contributed by atoms with Gasteiger partial charge in [0.15, 0.2) is 0 Å². The molecule has 2 aromatic carbocycles. The Morgan fingerprint density at radius 1 is 1.16 bits per heavy atom. The summed E-state index contributed by atoms with van der Waals surface area (Å²) in [5, 5.41) is 21.5. The van der Waals surface area contributed by atoms with E-state index in [0.717, 1.165) is 47.2 Å². The van der Waals surface area contributed by atoms with Crippen LogP contribution in [0, 0.1) is 37.5 Å². The molecule has 37 heavy (non-hydrogen) atoms. The standard InChI is InChI=1S/C31H36N2O4/c1-21-15-22(2)17-23(16-21)5-4-13-33-14-11-24(25(20-33)18-31(35)36)6-9-30(34)27-10-12-32-29-8-7-26(37-3)19-28(27)29/h7-8,10,12,15-17,19,24-25,30,34H,6,9,11,13-14,18,20H2,1-3H3,(H,35,36)/t24-,25+,30+/m1/s1. The van der Waals surface area contributed by atoms with E-state index < -0.39 is 12.1 Å². The second kappa shape index (κ2) is 12.2. The van der Waals surface area contributed by atoms with Gasteiger partial charge in [0.1, 0.15) is 5.75 Å². The van der Waals surface area contributed by atoms with Gasteiger partial charge in [-0.25, -0.2) is 0 Å². The van der Waals surface area contributed by atoms with Crippen LogP contribution in [0.1, 0.15) is 54.0 Å². The molecule has 4 rings (SSSR count). The number of aliphatic hydroxyl groups excluding tert-OH is 1. The molecule has 2 N–H and O–H groups in total. The number of piperidine rings is 1. The van der Waals surface area contributed by atoms with E-state index in [4.69, 9.17) is 4.74 Å². The van der Waals surface area contributed by atoms with E-state index in [0.29, 0.717) is 19.5 Å². The fraction of sp³-hybridized carbons (Fsp3) is 0.419. The Bertz CT molecular complexity index is 1290. The van der Waals surface area contributed by atoms with Crippen LogP contribution in [-0.4, -0.2) is 52.8 Å². The summed E-state index contributed by atoms with van der Waals surface area (Å²) in [6.07, 6.45) is 3.46. The summed E-state index contributed by atoms with van der Waals surface area (Å²) in [7, 11) is 1.62. The Balaban J connectivity index is 1.39. The number of fused-ring (bicyclic) bond motifs is 1. The lowest BCUT2D eigenvalue weighted by atomic mass is 9.79. The monoisotopic (exact) mass is 500 g/mol. The Kier molecular flexibility index (Phi) is 8.81. The number of benzene rings is 2. The third-order valence-electron chi connectivity index (χ3n) is 7.32. The van der Waals surface area contributed by atoms with Crippen LogP contribution < -0.4 is 4.74 Å². The van der Waals surface area contributed by atoms with Gasteiger partial charge in [-0.2, -0.15) is 0 Å². The van der Waals surface area contributed by atoms with Crippen LogP contribution in [0.2, 0.25) is 0 Å². The summed E-state index contributed by atoms with van der Waals surface area (Å²) in [5.74, 6) is 6.79. The van der Waals surface area contributed by atoms with E-state index in [-0.39, 0.29) is 18.3 Å². The number of nitrogens with zero attached hydrogens (tertiary/aromatic N) is 2. The molecule has 1 fully saturated rings. The van der Waals surface area contributed by atoms with Gasteiger partial charge >= 0.3 is 5.97 Å². The van der Waals surface area contributed by atoms with E-state index >= 15 is 0 Å². The number of pyridine rings is 1. The number of aromatic nitrogens is 1. The maximum Gasteiger partial charge on any atom is 0.303 e. The van der Waals surface area contributed by atoms with Crippen molar-refractivity contribution in [1.29, 1.82) is 0 Å². The summed E-state index contributed by atoms with van der Waals surface area (Å²) in [6.45, 7) is 6.37. The van der Waals surface area contributed by atoms with Gasteiger partial charge in [-0.15, -0.1) is 0 Å². The van der Waals surface area contributed by atoms with Gasteiger partial charge in [-0.1, -0.05) is 17.9 Å². The number of hydrogen-bond donors (Lipinski definition) is 2. The lowest BCUT2D eigenvalue weighted by Crippen LogP contribution is -2.41. The van der Waals surface area contributed by atoms with Crippen LogP contribution in [0.25, 0.3) is 10.9 Å². The molecule has 0 aliphatic carbocycles. The van der Waals surface area contributed by atoms with Gasteiger partial charge in [-0.05, 0) is 105 Å². The van der Waals surface area contributed by atoms with Crippen LogP contribution in [0.15, 0.2) is 48.7 Å². The first-order valence-corrected chi connectivity index (χ1v) is 12.9. The Hall–Kier alpha value is -3.40. The van der Waals surface area contributed by atoms with Crippen molar-refractivity contribution in [3.05, 3.63) is 70.9 Å². The predicted molar refractivity (Wildman–Crippen MR) is 146 cm³/mol. The molecule has 0 radical (unpaired) electrons. The quantitative estimate of drug-likeness (QED) is 0.417. The highest BCUT2D eigenvalue weighted by Crippen LogP contribution is 2.34. The van der Waals surface area contributed by atoms with Crippen LogP contribution in [0.4, 0.5) is 0 Å². The summed E-state index contributed by atoms with van der Waals surface area (Å²) in [5.41, 5.74) is 5.07. The predicted octanol–water partition coefficient (Wildman–Crippen LogP) is 5.14. The number of likely N-dealkylation sites (tertiary alicyclic amines) is 1. The fourth-order valence-electron chi connectivity index (χ4n) is 5.53. The van der Waals surface area contributed by atoms with E-state index in [9.17, 15) is 15.0 Å². The number of rotatable bonds is 8. The van der Waals surface area contributed by atoms with Crippen LogP contribution in [0.5, 0.6) is 5.75 Å². The zero-order valence-electron chi connectivity index (χ0n) is 21.9. The Morgan fingerprint density at radius 2 is 1.95 bits per heavy atom. The third-order valence-corrected chi connectivity index (χ3v) is 7.32. The first-order chi connectivity index (χ1) is 17.8. The fourth-order valence-corrected chi connectivity index (χ4v) is 5.53. The normalized spacial score (nSPS) is 18.7. The molecule has 0 saturated carbocycles. The number of ether oxygens (including phenoxy) is 1. The highest BCUT2D eigenvalue weighted by molar-refractivity contribution is 5.83. The average Bonchev–Trinajstić information content (AvgIpc) is 2.86. The number of aryl methyl sites for hydroxylation is 2. The van der Waals surface area contributed by atoms with E-state index in [2.05, 4.69) is 53.8 Å². The van der Waals surface area contributed by atoms with E-state index in [1.54, 1.807) is 13.3 Å². The maximum atomic E-state index is 11.6. The highest BCUT2D eigenvalue weighted by atomic mass is 16.5. The van der Waals surface area contributed by atoms with Gasteiger partial charge in [-0.3, -0.25) is 14.7 Å². The minimum Gasteiger partial charge on any atom is -0.497 e.